The number of aromatic hydroxyl groups is 1. The van der Waals surface area contributed by atoms with Crippen molar-refractivity contribution >= 4 is 11.9 Å². The summed E-state index contributed by atoms with van der Waals surface area (Å²) in [4.78, 5) is 14.3. The summed E-state index contributed by atoms with van der Waals surface area (Å²) < 4.78 is 5.09. The standard InChI is InChI=1S/C16H21NO3/c1-3-7-17-8-6-14(18)13(11-17)9-12-4-5-15(19)16(10-12)20-2/h4-5,9-10,19H,3,6-8,11H2,1-2H3/b13-9+. The van der Waals surface area contributed by atoms with E-state index in [0.29, 0.717) is 18.7 Å². The molecular formula is C16H21NO3. The van der Waals surface area contributed by atoms with Crippen LogP contribution in [-0.4, -0.2) is 42.5 Å². The van der Waals surface area contributed by atoms with Gasteiger partial charge in [-0.2, -0.15) is 0 Å². The van der Waals surface area contributed by atoms with E-state index in [1.165, 1.54) is 7.11 Å². The Balaban J connectivity index is 2.21. The Kier molecular flexibility index (Phi) is 4.79. The van der Waals surface area contributed by atoms with E-state index in [-0.39, 0.29) is 11.5 Å². The number of piperidine rings is 1. The van der Waals surface area contributed by atoms with Crippen molar-refractivity contribution in [3.05, 3.63) is 29.3 Å². The number of carbonyl (C=O) groups excluding carboxylic acids is 1. The first kappa shape index (κ1) is 14.6. The first-order valence-corrected chi connectivity index (χ1v) is 6.97. The molecule has 1 aliphatic rings. The molecule has 0 spiro atoms. The van der Waals surface area contributed by atoms with Crippen LogP contribution in [0.15, 0.2) is 23.8 Å². The first-order valence-electron chi connectivity index (χ1n) is 6.97. The molecule has 1 saturated heterocycles. The molecule has 1 heterocycles. The third-order valence-electron chi connectivity index (χ3n) is 3.49. The van der Waals surface area contributed by atoms with Crippen LogP contribution in [0, 0.1) is 0 Å². The fraction of sp³-hybridized carbons (Fsp3) is 0.438. The van der Waals surface area contributed by atoms with Crippen molar-refractivity contribution in [1.82, 2.24) is 4.90 Å². The highest BCUT2D eigenvalue weighted by Gasteiger charge is 2.20. The highest BCUT2D eigenvalue weighted by atomic mass is 16.5. The maximum absolute atomic E-state index is 12.0. The largest absolute Gasteiger partial charge is 0.504 e. The minimum atomic E-state index is 0.109. The average Bonchev–Trinajstić information content (AvgIpc) is 2.45. The molecule has 1 N–H and O–H groups in total. The van der Waals surface area contributed by atoms with E-state index < -0.39 is 0 Å². The van der Waals surface area contributed by atoms with Gasteiger partial charge >= 0.3 is 0 Å². The van der Waals surface area contributed by atoms with Gasteiger partial charge in [0.15, 0.2) is 17.3 Å². The van der Waals surface area contributed by atoms with Crippen LogP contribution in [0.2, 0.25) is 0 Å². The van der Waals surface area contributed by atoms with Gasteiger partial charge in [0.1, 0.15) is 0 Å². The number of nitrogens with zero attached hydrogens (tertiary/aromatic N) is 1. The Morgan fingerprint density at radius 2 is 2.25 bits per heavy atom. The highest BCUT2D eigenvalue weighted by molar-refractivity contribution is 6.00. The Bertz CT molecular complexity index is 522. The quantitative estimate of drug-likeness (QED) is 0.858. The lowest BCUT2D eigenvalue weighted by Crippen LogP contribution is -2.36. The Morgan fingerprint density at radius 3 is 2.95 bits per heavy atom. The third-order valence-corrected chi connectivity index (χ3v) is 3.49. The van der Waals surface area contributed by atoms with Gasteiger partial charge < -0.3 is 9.84 Å². The molecule has 1 aromatic carbocycles. The van der Waals surface area contributed by atoms with Crippen LogP contribution < -0.4 is 4.74 Å². The summed E-state index contributed by atoms with van der Waals surface area (Å²) in [7, 11) is 1.51. The van der Waals surface area contributed by atoms with Crippen molar-refractivity contribution < 1.29 is 14.6 Å². The topological polar surface area (TPSA) is 49.8 Å². The van der Waals surface area contributed by atoms with Crippen LogP contribution in [0.1, 0.15) is 25.3 Å². The van der Waals surface area contributed by atoms with Crippen molar-refractivity contribution in [2.24, 2.45) is 0 Å². The zero-order valence-corrected chi connectivity index (χ0v) is 12.1. The summed E-state index contributed by atoms with van der Waals surface area (Å²) in [6.45, 7) is 4.72. The SMILES string of the molecule is CCCN1CCC(=O)/C(=C/c2ccc(O)c(OC)c2)C1. The number of phenols is 1. The molecular weight excluding hydrogens is 254 g/mol. The lowest BCUT2D eigenvalue weighted by Gasteiger charge is -2.27. The molecule has 20 heavy (non-hydrogen) atoms. The summed E-state index contributed by atoms with van der Waals surface area (Å²) in [5.74, 6) is 0.745. The van der Waals surface area contributed by atoms with Crippen molar-refractivity contribution in [1.29, 1.82) is 0 Å². The van der Waals surface area contributed by atoms with E-state index in [4.69, 9.17) is 4.74 Å². The Morgan fingerprint density at radius 1 is 1.45 bits per heavy atom. The summed E-state index contributed by atoms with van der Waals surface area (Å²) in [5.41, 5.74) is 1.71. The van der Waals surface area contributed by atoms with E-state index >= 15 is 0 Å². The second-order valence-electron chi connectivity index (χ2n) is 5.05. The van der Waals surface area contributed by atoms with Gasteiger partial charge in [0.05, 0.1) is 7.11 Å². The number of ether oxygens (including phenoxy) is 1. The number of Topliss-reactive ketones (excluding diaryl/α,β-unsaturated/α-hetero) is 1. The van der Waals surface area contributed by atoms with Gasteiger partial charge in [0, 0.05) is 25.1 Å². The maximum atomic E-state index is 12.0. The van der Waals surface area contributed by atoms with E-state index in [2.05, 4.69) is 11.8 Å². The normalized spacial score (nSPS) is 18.5. The molecule has 0 radical (unpaired) electrons. The van der Waals surface area contributed by atoms with Gasteiger partial charge in [-0.05, 0) is 36.7 Å². The van der Waals surface area contributed by atoms with Crippen molar-refractivity contribution in [2.45, 2.75) is 19.8 Å². The summed E-state index contributed by atoms with van der Waals surface area (Å²) >= 11 is 0. The van der Waals surface area contributed by atoms with Crippen LogP contribution in [0.3, 0.4) is 0 Å². The van der Waals surface area contributed by atoms with Crippen molar-refractivity contribution in [2.75, 3.05) is 26.7 Å². The maximum Gasteiger partial charge on any atom is 0.161 e. The van der Waals surface area contributed by atoms with Gasteiger partial charge in [0.2, 0.25) is 0 Å². The van der Waals surface area contributed by atoms with Gasteiger partial charge in [-0.3, -0.25) is 9.69 Å². The molecule has 2 rings (SSSR count). The molecule has 0 amide bonds. The number of methoxy groups -OCH3 is 1. The summed E-state index contributed by atoms with van der Waals surface area (Å²) in [5, 5.41) is 9.58. The van der Waals surface area contributed by atoms with Crippen molar-refractivity contribution in [3.63, 3.8) is 0 Å². The van der Waals surface area contributed by atoms with Gasteiger partial charge in [-0.15, -0.1) is 0 Å². The molecule has 0 aromatic heterocycles. The van der Waals surface area contributed by atoms with Gasteiger partial charge in [0.25, 0.3) is 0 Å². The monoisotopic (exact) mass is 275 g/mol. The predicted molar refractivity (Wildman–Crippen MR) is 79.0 cm³/mol. The Hall–Kier alpha value is -1.81. The predicted octanol–water partition coefficient (Wildman–Crippen LogP) is 2.47. The molecule has 1 fully saturated rings. The van der Waals surface area contributed by atoms with Crippen molar-refractivity contribution in [3.8, 4) is 11.5 Å². The lowest BCUT2D eigenvalue weighted by atomic mass is 10.00. The van der Waals surface area contributed by atoms with E-state index in [1.807, 2.05) is 6.08 Å². The third kappa shape index (κ3) is 3.39. The van der Waals surface area contributed by atoms with E-state index in [9.17, 15) is 9.90 Å². The minimum absolute atomic E-state index is 0.109. The van der Waals surface area contributed by atoms with Crippen LogP contribution in [-0.2, 0) is 4.79 Å². The van der Waals surface area contributed by atoms with Gasteiger partial charge in [-0.1, -0.05) is 13.0 Å². The molecule has 0 aliphatic carbocycles. The molecule has 0 unspecified atom stereocenters. The zero-order valence-electron chi connectivity index (χ0n) is 12.1. The number of likely N-dealkylation sites (tertiary alicyclic amines) is 1. The zero-order chi connectivity index (χ0) is 14.5. The number of ketones is 1. The number of hydrogen-bond donors (Lipinski definition) is 1. The number of carbonyl (C=O) groups is 1. The molecule has 0 saturated carbocycles. The fourth-order valence-corrected chi connectivity index (χ4v) is 2.45. The van der Waals surface area contributed by atoms with E-state index in [1.54, 1.807) is 18.2 Å². The summed E-state index contributed by atoms with van der Waals surface area (Å²) in [6, 6.07) is 5.12. The molecule has 0 atom stereocenters. The highest BCUT2D eigenvalue weighted by Crippen LogP contribution is 2.27. The molecule has 108 valence electrons. The second-order valence-corrected chi connectivity index (χ2v) is 5.05. The number of hydrogen-bond acceptors (Lipinski definition) is 4. The molecule has 1 aromatic rings. The van der Waals surface area contributed by atoms with Crippen LogP contribution in [0.4, 0.5) is 0 Å². The van der Waals surface area contributed by atoms with Crippen LogP contribution in [0.25, 0.3) is 6.08 Å². The molecule has 4 nitrogen and oxygen atoms in total. The summed E-state index contributed by atoms with van der Waals surface area (Å²) in [6.07, 6.45) is 3.57. The molecule has 1 aliphatic heterocycles. The van der Waals surface area contributed by atoms with E-state index in [0.717, 1.165) is 30.6 Å². The van der Waals surface area contributed by atoms with Crippen LogP contribution in [0.5, 0.6) is 11.5 Å². The Labute approximate surface area is 119 Å². The first-order chi connectivity index (χ1) is 9.63. The smallest absolute Gasteiger partial charge is 0.161 e. The lowest BCUT2D eigenvalue weighted by molar-refractivity contribution is -0.117. The molecule has 0 bridgehead atoms. The number of benzene rings is 1. The second kappa shape index (κ2) is 6.57. The number of phenolic OH excluding ortho intramolecular Hbond substituents is 1. The fourth-order valence-electron chi connectivity index (χ4n) is 2.45. The van der Waals surface area contributed by atoms with Gasteiger partial charge in [-0.25, -0.2) is 0 Å². The number of rotatable bonds is 4. The minimum Gasteiger partial charge on any atom is -0.504 e. The average molecular weight is 275 g/mol. The van der Waals surface area contributed by atoms with Crippen LogP contribution >= 0.6 is 0 Å². The molecule has 4 heteroatoms.